The van der Waals surface area contributed by atoms with Crippen LogP contribution in [0.1, 0.15) is 11.4 Å². The summed E-state index contributed by atoms with van der Waals surface area (Å²) in [4.78, 5) is 16.8. The highest BCUT2D eigenvalue weighted by atomic mass is 19.1. The summed E-state index contributed by atoms with van der Waals surface area (Å²) in [5.74, 6) is 0.136. The maximum atomic E-state index is 13.9. The lowest BCUT2D eigenvalue weighted by atomic mass is 10.1. The normalized spacial score (nSPS) is 10.7. The Bertz CT molecular complexity index is 882. The molecule has 0 aliphatic rings. The average molecular weight is 294 g/mol. The summed E-state index contributed by atoms with van der Waals surface area (Å²) in [6.07, 6.45) is 0. The number of hydrogen-bond acceptors (Lipinski definition) is 2. The first-order valence-corrected chi connectivity index (χ1v) is 6.99. The van der Waals surface area contributed by atoms with Crippen molar-refractivity contribution in [3.63, 3.8) is 0 Å². The zero-order chi connectivity index (χ0) is 15.7. The SMILES string of the molecule is Cc1ccc(-n2c(C)nc(-c3ccccc3F)cc2=O)cc1. The second kappa shape index (κ2) is 5.56. The Labute approximate surface area is 127 Å². The second-order valence-corrected chi connectivity index (χ2v) is 5.18. The first kappa shape index (κ1) is 14.2. The van der Waals surface area contributed by atoms with Crippen LogP contribution >= 0.6 is 0 Å². The number of nitrogens with zero attached hydrogens (tertiary/aromatic N) is 2. The molecule has 3 aromatic rings. The van der Waals surface area contributed by atoms with E-state index in [0.717, 1.165) is 11.3 Å². The van der Waals surface area contributed by atoms with Gasteiger partial charge in [-0.15, -0.1) is 0 Å². The van der Waals surface area contributed by atoms with Crippen LogP contribution in [0.5, 0.6) is 0 Å². The fourth-order valence-electron chi connectivity index (χ4n) is 2.41. The van der Waals surface area contributed by atoms with Crippen molar-refractivity contribution in [3.05, 3.63) is 82.2 Å². The predicted octanol–water partition coefficient (Wildman–Crippen LogP) is 3.66. The lowest BCUT2D eigenvalue weighted by molar-refractivity contribution is 0.630. The summed E-state index contributed by atoms with van der Waals surface area (Å²) < 4.78 is 15.4. The van der Waals surface area contributed by atoms with Gasteiger partial charge in [-0.25, -0.2) is 9.37 Å². The fourth-order valence-corrected chi connectivity index (χ4v) is 2.41. The van der Waals surface area contributed by atoms with Crippen molar-refractivity contribution in [2.24, 2.45) is 0 Å². The number of hydrogen-bond donors (Lipinski definition) is 0. The molecule has 0 N–H and O–H groups in total. The molecule has 0 spiro atoms. The Hall–Kier alpha value is -2.75. The molecule has 0 radical (unpaired) electrons. The molecule has 0 bridgehead atoms. The number of aromatic nitrogens is 2. The van der Waals surface area contributed by atoms with Crippen molar-refractivity contribution in [1.29, 1.82) is 0 Å². The van der Waals surface area contributed by atoms with Crippen molar-refractivity contribution in [2.75, 3.05) is 0 Å². The maximum Gasteiger partial charge on any atom is 0.258 e. The molecule has 3 nitrogen and oxygen atoms in total. The van der Waals surface area contributed by atoms with Gasteiger partial charge >= 0.3 is 0 Å². The molecule has 0 amide bonds. The number of benzene rings is 2. The van der Waals surface area contributed by atoms with E-state index in [2.05, 4.69) is 4.98 Å². The molecule has 0 saturated carbocycles. The third kappa shape index (κ3) is 2.55. The van der Waals surface area contributed by atoms with Crippen molar-refractivity contribution in [1.82, 2.24) is 9.55 Å². The van der Waals surface area contributed by atoms with Crippen LogP contribution in [0.2, 0.25) is 0 Å². The van der Waals surface area contributed by atoms with Gasteiger partial charge in [-0.1, -0.05) is 29.8 Å². The second-order valence-electron chi connectivity index (χ2n) is 5.18. The van der Waals surface area contributed by atoms with Crippen LogP contribution in [0.25, 0.3) is 16.9 Å². The van der Waals surface area contributed by atoms with Crippen molar-refractivity contribution < 1.29 is 4.39 Å². The Kier molecular flexibility index (Phi) is 3.59. The molecule has 0 aliphatic carbocycles. The van der Waals surface area contributed by atoms with Gasteiger partial charge in [0.2, 0.25) is 0 Å². The molecule has 0 atom stereocenters. The molecule has 2 aromatic carbocycles. The van der Waals surface area contributed by atoms with Crippen LogP contribution in [0.4, 0.5) is 4.39 Å². The minimum Gasteiger partial charge on any atom is -0.269 e. The van der Waals surface area contributed by atoms with Crippen LogP contribution in [-0.4, -0.2) is 9.55 Å². The lowest BCUT2D eigenvalue weighted by Gasteiger charge is -2.11. The molecule has 0 fully saturated rings. The van der Waals surface area contributed by atoms with E-state index >= 15 is 0 Å². The van der Waals surface area contributed by atoms with Gasteiger partial charge in [-0.3, -0.25) is 9.36 Å². The Balaban J connectivity index is 2.15. The third-order valence-corrected chi connectivity index (χ3v) is 3.53. The summed E-state index contributed by atoms with van der Waals surface area (Å²) in [6, 6.07) is 15.3. The van der Waals surface area contributed by atoms with E-state index in [0.29, 0.717) is 17.1 Å². The van der Waals surface area contributed by atoms with Gasteiger partial charge in [-0.05, 0) is 38.1 Å². The van der Waals surface area contributed by atoms with E-state index in [-0.39, 0.29) is 11.4 Å². The van der Waals surface area contributed by atoms with E-state index in [1.165, 1.54) is 16.7 Å². The van der Waals surface area contributed by atoms with E-state index in [1.54, 1.807) is 25.1 Å². The van der Waals surface area contributed by atoms with Gasteiger partial charge in [0, 0.05) is 11.6 Å². The molecule has 1 heterocycles. The Morgan fingerprint density at radius 3 is 2.32 bits per heavy atom. The van der Waals surface area contributed by atoms with Gasteiger partial charge < -0.3 is 0 Å². The Morgan fingerprint density at radius 1 is 1.00 bits per heavy atom. The molecule has 110 valence electrons. The lowest BCUT2D eigenvalue weighted by Crippen LogP contribution is -2.21. The number of halogens is 1. The van der Waals surface area contributed by atoms with E-state index in [1.807, 2.05) is 31.2 Å². The van der Waals surface area contributed by atoms with Crippen LogP contribution in [0.15, 0.2) is 59.4 Å². The standard InChI is InChI=1S/C18H15FN2O/c1-12-7-9-14(10-8-12)21-13(2)20-17(11-18(21)22)15-5-3-4-6-16(15)19/h3-11H,1-2H3. The Morgan fingerprint density at radius 2 is 1.68 bits per heavy atom. The van der Waals surface area contributed by atoms with Crippen LogP contribution in [0, 0.1) is 19.7 Å². The quantitative estimate of drug-likeness (QED) is 0.723. The van der Waals surface area contributed by atoms with Gasteiger partial charge in [0.25, 0.3) is 5.56 Å². The van der Waals surface area contributed by atoms with Crippen molar-refractivity contribution >= 4 is 0 Å². The van der Waals surface area contributed by atoms with Crippen LogP contribution < -0.4 is 5.56 Å². The third-order valence-electron chi connectivity index (χ3n) is 3.53. The largest absolute Gasteiger partial charge is 0.269 e. The zero-order valence-corrected chi connectivity index (χ0v) is 12.4. The maximum absolute atomic E-state index is 13.9. The molecular weight excluding hydrogens is 279 g/mol. The zero-order valence-electron chi connectivity index (χ0n) is 12.4. The smallest absolute Gasteiger partial charge is 0.258 e. The van der Waals surface area contributed by atoms with Gasteiger partial charge in [-0.2, -0.15) is 0 Å². The number of rotatable bonds is 2. The summed E-state index contributed by atoms with van der Waals surface area (Å²) in [6.45, 7) is 3.73. The van der Waals surface area contributed by atoms with E-state index in [9.17, 15) is 9.18 Å². The first-order valence-electron chi connectivity index (χ1n) is 6.99. The number of aryl methyl sites for hydroxylation is 2. The topological polar surface area (TPSA) is 34.9 Å². The van der Waals surface area contributed by atoms with E-state index in [4.69, 9.17) is 0 Å². The molecule has 1 aromatic heterocycles. The van der Waals surface area contributed by atoms with Crippen LogP contribution in [-0.2, 0) is 0 Å². The minimum atomic E-state index is -0.387. The predicted molar refractivity (Wildman–Crippen MR) is 84.7 cm³/mol. The van der Waals surface area contributed by atoms with E-state index < -0.39 is 0 Å². The highest BCUT2D eigenvalue weighted by Gasteiger charge is 2.11. The molecule has 3 rings (SSSR count). The monoisotopic (exact) mass is 294 g/mol. The van der Waals surface area contributed by atoms with Crippen molar-refractivity contribution in [3.8, 4) is 16.9 Å². The van der Waals surface area contributed by atoms with Gasteiger partial charge in [0.05, 0.1) is 11.4 Å². The molecule has 4 heteroatoms. The summed E-state index contributed by atoms with van der Waals surface area (Å²) in [5, 5.41) is 0. The summed E-state index contributed by atoms with van der Waals surface area (Å²) in [5.41, 5.74) is 2.32. The highest BCUT2D eigenvalue weighted by Crippen LogP contribution is 2.20. The van der Waals surface area contributed by atoms with Gasteiger partial charge in [0.1, 0.15) is 11.6 Å². The molecule has 0 aliphatic heterocycles. The molecule has 22 heavy (non-hydrogen) atoms. The fraction of sp³-hybridized carbons (Fsp3) is 0.111. The molecular formula is C18H15FN2O. The van der Waals surface area contributed by atoms with Gasteiger partial charge in [0.15, 0.2) is 0 Å². The first-order chi connectivity index (χ1) is 10.6. The minimum absolute atomic E-state index is 0.227. The average Bonchev–Trinajstić information content (AvgIpc) is 2.49. The summed E-state index contributed by atoms with van der Waals surface area (Å²) >= 11 is 0. The molecule has 0 unspecified atom stereocenters. The van der Waals surface area contributed by atoms with Crippen molar-refractivity contribution in [2.45, 2.75) is 13.8 Å². The molecule has 0 saturated heterocycles. The highest BCUT2D eigenvalue weighted by molar-refractivity contribution is 5.59. The van der Waals surface area contributed by atoms with Crippen LogP contribution in [0.3, 0.4) is 0 Å². The summed E-state index contributed by atoms with van der Waals surface area (Å²) in [7, 11) is 0.